The van der Waals surface area contributed by atoms with Crippen molar-refractivity contribution in [2.45, 2.75) is 19.1 Å². The standard InChI is InChI=1S/C25H30NO7P/c27-22(16-26-15-14-20-6-8-25(9-7-20)33-19-34(28,29)30)18-32-24-12-10-23(11-13-24)31-17-21-4-2-1-3-5-21/h1-13,22,26-27H,14-19H2,(H2,28,29,30)/t22-/m0/s1. The van der Waals surface area contributed by atoms with Crippen LogP contribution in [0.1, 0.15) is 11.1 Å². The highest BCUT2D eigenvalue weighted by Gasteiger charge is 2.13. The summed E-state index contributed by atoms with van der Waals surface area (Å²) in [5.41, 5.74) is 2.14. The van der Waals surface area contributed by atoms with Crippen LogP contribution in [0.3, 0.4) is 0 Å². The number of nitrogens with one attached hydrogen (secondary N) is 1. The Kier molecular flexibility index (Phi) is 9.94. The van der Waals surface area contributed by atoms with Gasteiger partial charge in [-0.25, -0.2) is 0 Å². The monoisotopic (exact) mass is 487 g/mol. The minimum Gasteiger partial charge on any atom is -0.491 e. The van der Waals surface area contributed by atoms with E-state index in [9.17, 15) is 9.67 Å². The van der Waals surface area contributed by atoms with Crippen LogP contribution in [-0.4, -0.2) is 47.0 Å². The molecule has 0 heterocycles. The fourth-order valence-corrected chi connectivity index (χ4v) is 3.35. The molecule has 0 spiro atoms. The van der Waals surface area contributed by atoms with E-state index < -0.39 is 20.0 Å². The second-order valence-corrected chi connectivity index (χ2v) is 9.33. The molecule has 4 N–H and O–H groups in total. The second kappa shape index (κ2) is 13.1. The number of hydrogen-bond donors (Lipinski definition) is 4. The van der Waals surface area contributed by atoms with Gasteiger partial charge in [-0.05, 0) is 60.5 Å². The highest BCUT2D eigenvalue weighted by molar-refractivity contribution is 7.51. The predicted molar refractivity (Wildman–Crippen MR) is 129 cm³/mol. The fourth-order valence-electron chi connectivity index (χ4n) is 3.04. The van der Waals surface area contributed by atoms with E-state index in [0.29, 0.717) is 31.2 Å². The number of hydrogen-bond acceptors (Lipinski definition) is 6. The third kappa shape index (κ3) is 9.95. The quantitative estimate of drug-likeness (QED) is 0.202. The topological polar surface area (TPSA) is 117 Å². The molecule has 0 saturated carbocycles. The Labute approximate surface area is 199 Å². The smallest absolute Gasteiger partial charge is 0.362 e. The zero-order valence-electron chi connectivity index (χ0n) is 18.7. The van der Waals surface area contributed by atoms with Gasteiger partial charge in [-0.15, -0.1) is 0 Å². The van der Waals surface area contributed by atoms with E-state index in [0.717, 1.165) is 23.3 Å². The maximum atomic E-state index is 10.8. The van der Waals surface area contributed by atoms with Gasteiger partial charge in [-0.3, -0.25) is 4.57 Å². The molecular formula is C25H30NO7P. The number of aliphatic hydroxyl groups excluding tert-OH is 1. The van der Waals surface area contributed by atoms with Gasteiger partial charge < -0.3 is 34.4 Å². The van der Waals surface area contributed by atoms with Crippen LogP contribution in [0.15, 0.2) is 78.9 Å². The number of aliphatic hydroxyl groups is 1. The SMILES string of the molecule is O=P(O)(O)COc1ccc(CCNC[C@H](O)COc2ccc(OCc3ccccc3)cc2)cc1. The van der Waals surface area contributed by atoms with Gasteiger partial charge in [0.25, 0.3) is 0 Å². The summed E-state index contributed by atoms with van der Waals surface area (Å²) in [5.74, 6) is 1.82. The Morgan fingerprint density at radius 1 is 0.765 bits per heavy atom. The molecule has 0 aliphatic carbocycles. The van der Waals surface area contributed by atoms with E-state index in [4.69, 9.17) is 24.0 Å². The Morgan fingerprint density at radius 2 is 1.35 bits per heavy atom. The van der Waals surface area contributed by atoms with E-state index in [2.05, 4.69) is 5.32 Å². The first kappa shape index (κ1) is 25.7. The molecule has 0 unspecified atom stereocenters. The first-order valence-corrected chi connectivity index (χ1v) is 12.7. The van der Waals surface area contributed by atoms with Crippen molar-refractivity contribution < 1.29 is 33.7 Å². The Morgan fingerprint density at radius 3 is 2.00 bits per heavy atom. The summed E-state index contributed by atoms with van der Waals surface area (Å²) in [6.07, 6.45) is -0.561. The van der Waals surface area contributed by atoms with Crippen LogP contribution in [0.5, 0.6) is 17.2 Å². The van der Waals surface area contributed by atoms with E-state index in [1.165, 1.54) is 0 Å². The first-order valence-electron chi connectivity index (χ1n) is 10.9. The molecule has 0 fully saturated rings. The van der Waals surface area contributed by atoms with E-state index in [1.807, 2.05) is 66.7 Å². The van der Waals surface area contributed by atoms with Gasteiger partial charge >= 0.3 is 7.60 Å². The van der Waals surface area contributed by atoms with Crippen molar-refractivity contribution >= 4 is 7.60 Å². The van der Waals surface area contributed by atoms with Crippen molar-refractivity contribution in [1.82, 2.24) is 5.32 Å². The lowest BCUT2D eigenvalue weighted by Crippen LogP contribution is -2.32. The molecule has 3 aromatic carbocycles. The maximum absolute atomic E-state index is 10.8. The first-order chi connectivity index (χ1) is 16.4. The molecule has 182 valence electrons. The second-order valence-electron chi connectivity index (χ2n) is 7.75. The minimum absolute atomic E-state index is 0.169. The highest BCUT2D eigenvalue weighted by Crippen LogP contribution is 2.34. The van der Waals surface area contributed by atoms with Gasteiger partial charge in [0.15, 0.2) is 6.35 Å². The Hall–Kier alpha value is -2.87. The summed E-state index contributed by atoms with van der Waals surface area (Å²) in [6, 6.07) is 24.3. The summed E-state index contributed by atoms with van der Waals surface area (Å²) < 4.78 is 27.3. The van der Waals surface area contributed by atoms with Crippen molar-refractivity contribution in [3.8, 4) is 17.2 Å². The molecule has 0 aliphatic rings. The Bertz CT molecular complexity index is 1020. The molecule has 34 heavy (non-hydrogen) atoms. The van der Waals surface area contributed by atoms with Gasteiger partial charge in [-0.1, -0.05) is 42.5 Å². The van der Waals surface area contributed by atoms with Crippen LogP contribution in [-0.2, 0) is 17.6 Å². The van der Waals surface area contributed by atoms with Crippen LogP contribution in [0, 0.1) is 0 Å². The molecule has 1 atom stereocenters. The van der Waals surface area contributed by atoms with Crippen LogP contribution in [0.4, 0.5) is 0 Å². The molecule has 0 bridgehead atoms. The predicted octanol–water partition coefficient (Wildman–Crippen LogP) is 3.35. The van der Waals surface area contributed by atoms with E-state index >= 15 is 0 Å². The van der Waals surface area contributed by atoms with Crippen molar-refractivity contribution in [2.24, 2.45) is 0 Å². The Balaban J connectivity index is 1.28. The zero-order chi connectivity index (χ0) is 24.2. The lowest BCUT2D eigenvalue weighted by molar-refractivity contribution is 0.106. The summed E-state index contributed by atoms with van der Waals surface area (Å²) in [4.78, 5) is 17.7. The molecule has 0 saturated heterocycles. The molecule has 0 radical (unpaired) electrons. The van der Waals surface area contributed by atoms with Crippen molar-refractivity contribution in [2.75, 3.05) is 26.0 Å². The van der Waals surface area contributed by atoms with Crippen LogP contribution in [0.2, 0.25) is 0 Å². The van der Waals surface area contributed by atoms with Gasteiger partial charge in [0.05, 0.1) is 0 Å². The average Bonchev–Trinajstić information content (AvgIpc) is 2.84. The average molecular weight is 487 g/mol. The molecule has 0 aliphatic heterocycles. The summed E-state index contributed by atoms with van der Waals surface area (Å²) in [6.45, 7) is 1.72. The molecule has 0 amide bonds. The van der Waals surface area contributed by atoms with Crippen molar-refractivity contribution in [3.63, 3.8) is 0 Å². The normalized spacial score (nSPS) is 12.2. The lowest BCUT2D eigenvalue weighted by Gasteiger charge is -2.14. The molecule has 3 rings (SSSR count). The summed E-state index contributed by atoms with van der Waals surface area (Å²) in [5, 5.41) is 13.3. The number of benzene rings is 3. The number of rotatable bonds is 14. The molecular weight excluding hydrogens is 457 g/mol. The highest BCUT2D eigenvalue weighted by atomic mass is 31.2. The van der Waals surface area contributed by atoms with Gasteiger partial charge in [0, 0.05) is 6.54 Å². The van der Waals surface area contributed by atoms with Crippen LogP contribution in [0.25, 0.3) is 0 Å². The minimum atomic E-state index is -4.19. The van der Waals surface area contributed by atoms with Crippen LogP contribution >= 0.6 is 7.60 Å². The van der Waals surface area contributed by atoms with Gasteiger partial charge in [0.2, 0.25) is 0 Å². The molecule has 3 aromatic rings. The lowest BCUT2D eigenvalue weighted by atomic mass is 10.1. The molecule has 8 nitrogen and oxygen atoms in total. The third-order valence-corrected chi connectivity index (χ3v) is 5.27. The zero-order valence-corrected chi connectivity index (χ0v) is 19.6. The van der Waals surface area contributed by atoms with E-state index in [-0.39, 0.29) is 6.61 Å². The van der Waals surface area contributed by atoms with Crippen LogP contribution < -0.4 is 19.5 Å². The molecule has 9 heteroatoms. The van der Waals surface area contributed by atoms with Crippen molar-refractivity contribution in [3.05, 3.63) is 90.0 Å². The largest absolute Gasteiger partial charge is 0.491 e. The summed E-state index contributed by atoms with van der Waals surface area (Å²) >= 11 is 0. The van der Waals surface area contributed by atoms with E-state index in [1.54, 1.807) is 12.1 Å². The number of ether oxygens (including phenoxy) is 3. The summed E-state index contributed by atoms with van der Waals surface area (Å²) in [7, 11) is -4.19. The van der Waals surface area contributed by atoms with Gasteiger partial charge in [-0.2, -0.15) is 0 Å². The maximum Gasteiger partial charge on any atom is 0.362 e. The van der Waals surface area contributed by atoms with Crippen molar-refractivity contribution in [1.29, 1.82) is 0 Å². The third-order valence-electron chi connectivity index (χ3n) is 4.81. The van der Waals surface area contributed by atoms with Gasteiger partial charge in [0.1, 0.15) is 36.6 Å². The molecule has 0 aromatic heterocycles. The fraction of sp³-hybridized carbons (Fsp3) is 0.280.